The van der Waals surface area contributed by atoms with Crippen molar-refractivity contribution in [3.63, 3.8) is 0 Å². The van der Waals surface area contributed by atoms with Gasteiger partial charge in [0.05, 0.1) is 11.3 Å². The molecule has 4 rings (SSSR count). The van der Waals surface area contributed by atoms with Gasteiger partial charge in [-0.3, -0.25) is 0 Å². The normalized spacial score (nSPS) is 12.4. The molecule has 0 spiro atoms. The Morgan fingerprint density at radius 2 is 1.96 bits per heavy atom. The minimum Gasteiger partial charge on any atom is -0.460 e. The van der Waals surface area contributed by atoms with Crippen molar-refractivity contribution < 1.29 is 8.94 Å². The van der Waals surface area contributed by atoms with E-state index in [0.29, 0.717) is 29.6 Å². The van der Waals surface area contributed by atoms with Crippen LogP contribution < -0.4 is 5.32 Å². The van der Waals surface area contributed by atoms with Gasteiger partial charge in [0.15, 0.2) is 11.6 Å². The molecule has 0 aliphatic carbocycles. The molecule has 27 heavy (non-hydrogen) atoms. The summed E-state index contributed by atoms with van der Waals surface area (Å²) in [6.45, 7) is 3.97. The summed E-state index contributed by atoms with van der Waals surface area (Å²) >= 11 is 0. The van der Waals surface area contributed by atoms with Crippen LogP contribution >= 0.6 is 0 Å². The summed E-state index contributed by atoms with van der Waals surface area (Å²) in [6.07, 6.45) is 2.57. The van der Waals surface area contributed by atoms with Crippen LogP contribution in [-0.2, 0) is 6.42 Å². The minimum absolute atomic E-state index is 0.259. The van der Waals surface area contributed by atoms with E-state index in [1.54, 1.807) is 4.68 Å². The van der Waals surface area contributed by atoms with Gasteiger partial charge in [-0.05, 0) is 45.2 Å². The van der Waals surface area contributed by atoms with E-state index < -0.39 is 0 Å². The Hall–Kier alpha value is -3.19. The molecule has 0 aliphatic rings. The van der Waals surface area contributed by atoms with E-state index in [4.69, 9.17) is 14.0 Å². The number of nitrogens with one attached hydrogen (secondary N) is 1. The van der Waals surface area contributed by atoms with Gasteiger partial charge in [-0.15, -0.1) is 0 Å². The number of nitrogens with zero attached hydrogens (tertiary/aromatic N) is 4. The van der Waals surface area contributed by atoms with Crippen molar-refractivity contribution in [1.82, 2.24) is 25.2 Å². The summed E-state index contributed by atoms with van der Waals surface area (Å²) in [7, 11) is 1.91. The second kappa shape index (κ2) is 7.20. The lowest BCUT2D eigenvalue weighted by atomic mass is 10.2. The van der Waals surface area contributed by atoms with Gasteiger partial charge in [0, 0.05) is 18.7 Å². The van der Waals surface area contributed by atoms with Crippen LogP contribution in [0.5, 0.6) is 0 Å². The number of likely N-dealkylation sites (N-methyl/N-ethyl adjacent to an activating group) is 1. The lowest BCUT2D eigenvalue weighted by Gasteiger charge is -2.04. The van der Waals surface area contributed by atoms with Crippen molar-refractivity contribution in [2.24, 2.45) is 0 Å². The van der Waals surface area contributed by atoms with Crippen LogP contribution in [-0.4, -0.2) is 33.0 Å². The smallest absolute Gasteiger partial charge is 0.261 e. The zero-order chi connectivity index (χ0) is 18.8. The maximum atomic E-state index is 5.79. The van der Waals surface area contributed by atoms with Gasteiger partial charge in [-0.2, -0.15) is 10.1 Å². The third-order valence-corrected chi connectivity index (χ3v) is 4.39. The van der Waals surface area contributed by atoms with Crippen molar-refractivity contribution in [3.05, 3.63) is 60.2 Å². The first-order chi connectivity index (χ1) is 13.1. The molecule has 138 valence electrons. The van der Waals surface area contributed by atoms with Crippen molar-refractivity contribution in [3.8, 4) is 28.6 Å². The van der Waals surface area contributed by atoms with Crippen LogP contribution in [0, 0.1) is 6.92 Å². The number of benzene rings is 1. The predicted octanol–water partition coefficient (Wildman–Crippen LogP) is 3.64. The number of hydrogen-bond acceptors (Lipinski definition) is 6. The molecule has 0 saturated carbocycles. The molecule has 0 fully saturated rings. The number of furan rings is 1. The first-order valence-electron chi connectivity index (χ1n) is 8.86. The van der Waals surface area contributed by atoms with Crippen molar-refractivity contribution in [2.75, 3.05) is 7.05 Å². The maximum absolute atomic E-state index is 5.79. The molecule has 0 amide bonds. The van der Waals surface area contributed by atoms with E-state index in [1.807, 2.05) is 62.6 Å². The zero-order valence-corrected chi connectivity index (χ0v) is 15.5. The Morgan fingerprint density at radius 1 is 1.15 bits per heavy atom. The molecule has 1 aromatic carbocycles. The van der Waals surface area contributed by atoms with Crippen LogP contribution in [0.3, 0.4) is 0 Å². The van der Waals surface area contributed by atoms with Gasteiger partial charge in [0.25, 0.3) is 5.89 Å². The molecule has 1 N–H and O–H groups in total. The van der Waals surface area contributed by atoms with E-state index in [-0.39, 0.29) is 6.04 Å². The van der Waals surface area contributed by atoms with E-state index in [0.717, 1.165) is 17.0 Å². The van der Waals surface area contributed by atoms with Crippen LogP contribution in [0.1, 0.15) is 18.5 Å². The quantitative estimate of drug-likeness (QED) is 0.563. The van der Waals surface area contributed by atoms with Crippen LogP contribution in [0.2, 0.25) is 0 Å². The molecule has 3 aromatic heterocycles. The highest BCUT2D eigenvalue weighted by Crippen LogP contribution is 2.32. The van der Waals surface area contributed by atoms with Crippen molar-refractivity contribution in [2.45, 2.75) is 26.3 Å². The standard InChI is InChI=1S/C20H21N5O2/c1-13(21-3)11-18-22-20(27-24-18)16-12-25(15-7-5-4-6-8-15)23-19(16)17-10-9-14(2)26-17/h4-10,12-13,21H,11H2,1-3H3. The average Bonchev–Trinajstić information content (AvgIpc) is 3.41. The molecule has 0 bridgehead atoms. The molecule has 3 heterocycles. The molecule has 0 radical (unpaired) electrons. The van der Waals surface area contributed by atoms with Crippen LogP contribution in [0.15, 0.2) is 57.6 Å². The summed E-state index contributed by atoms with van der Waals surface area (Å²) < 4.78 is 13.1. The van der Waals surface area contributed by atoms with Gasteiger partial charge in [-0.1, -0.05) is 23.4 Å². The largest absolute Gasteiger partial charge is 0.460 e. The molecule has 1 atom stereocenters. The van der Waals surface area contributed by atoms with E-state index in [1.165, 1.54) is 0 Å². The number of hydrogen-bond donors (Lipinski definition) is 1. The fourth-order valence-corrected chi connectivity index (χ4v) is 2.81. The minimum atomic E-state index is 0.259. The van der Waals surface area contributed by atoms with Gasteiger partial charge < -0.3 is 14.3 Å². The third kappa shape index (κ3) is 3.54. The van der Waals surface area contributed by atoms with E-state index in [9.17, 15) is 0 Å². The maximum Gasteiger partial charge on any atom is 0.261 e. The lowest BCUT2D eigenvalue weighted by Crippen LogP contribution is -2.24. The fourth-order valence-electron chi connectivity index (χ4n) is 2.81. The highest BCUT2D eigenvalue weighted by atomic mass is 16.5. The monoisotopic (exact) mass is 363 g/mol. The lowest BCUT2D eigenvalue weighted by molar-refractivity contribution is 0.418. The Morgan fingerprint density at radius 3 is 2.67 bits per heavy atom. The number of aromatic nitrogens is 4. The van der Waals surface area contributed by atoms with Crippen LogP contribution in [0.4, 0.5) is 0 Å². The highest BCUT2D eigenvalue weighted by Gasteiger charge is 2.21. The number of para-hydroxylation sites is 1. The van der Waals surface area contributed by atoms with E-state index >= 15 is 0 Å². The fraction of sp³-hybridized carbons (Fsp3) is 0.250. The summed E-state index contributed by atoms with van der Waals surface area (Å²) in [6, 6.07) is 14.0. The Labute approximate surface area is 157 Å². The summed E-state index contributed by atoms with van der Waals surface area (Å²) in [4.78, 5) is 4.56. The summed E-state index contributed by atoms with van der Waals surface area (Å²) in [5, 5.41) is 12.0. The molecule has 7 heteroatoms. The van der Waals surface area contributed by atoms with Gasteiger partial charge in [0.1, 0.15) is 11.5 Å². The number of aryl methyl sites for hydroxylation is 1. The second-order valence-electron chi connectivity index (χ2n) is 6.49. The van der Waals surface area contributed by atoms with Gasteiger partial charge in [-0.25, -0.2) is 4.68 Å². The first-order valence-corrected chi connectivity index (χ1v) is 8.86. The Bertz CT molecular complexity index is 1030. The highest BCUT2D eigenvalue weighted by molar-refractivity contribution is 5.74. The predicted molar refractivity (Wildman–Crippen MR) is 102 cm³/mol. The molecular weight excluding hydrogens is 342 g/mol. The summed E-state index contributed by atoms with van der Waals surface area (Å²) in [5.74, 6) is 2.57. The Kier molecular flexibility index (Phi) is 4.60. The average molecular weight is 363 g/mol. The van der Waals surface area contributed by atoms with Crippen molar-refractivity contribution >= 4 is 0 Å². The first kappa shape index (κ1) is 17.2. The summed E-state index contributed by atoms with van der Waals surface area (Å²) in [5.41, 5.74) is 2.35. The SMILES string of the molecule is CNC(C)Cc1noc(-c2cn(-c3ccccc3)nc2-c2ccc(C)o2)n1. The third-order valence-electron chi connectivity index (χ3n) is 4.39. The molecule has 0 saturated heterocycles. The second-order valence-corrected chi connectivity index (χ2v) is 6.49. The topological polar surface area (TPSA) is 81.9 Å². The van der Waals surface area contributed by atoms with E-state index in [2.05, 4.69) is 22.4 Å². The molecule has 7 nitrogen and oxygen atoms in total. The van der Waals surface area contributed by atoms with Crippen LogP contribution in [0.25, 0.3) is 28.6 Å². The zero-order valence-electron chi connectivity index (χ0n) is 15.5. The van der Waals surface area contributed by atoms with Crippen molar-refractivity contribution in [1.29, 1.82) is 0 Å². The molecule has 1 unspecified atom stereocenters. The molecular formula is C20H21N5O2. The number of rotatable bonds is 6. The Balaban J connectivity index is 1.78. The molecule has 4 aromatic rings. The molecule has 0 aliphatic heterocycles. The van der Waals surface area contributed by atoms with Gasteiger partial charge >= 0.3 is 0 Å². The van der Waals surface area contributed by atoms with Gasteiger partial charge in [0.2, 0.25) is 0 Å².